The number of nitrogens with zero attached hydrogens (tertiary/aromatic N) is 3. The Morgan fingerprint density at radius 3 is 2.94 bits per heavy atom. The van der Waals surface area contributed by atoms with Crippen molar-refractivity contribution in [1.29, 1.82) is 0 Å². The quantitative estimate of drug-likeness (QED) is 0.765. The first-order valence-electron chi connectivity index (χ1n) is 4.74. The van der Waals surface area contributed by atoms with Crippen LogP contribution in [0.4, 0.5) is 0 Å². The van der Waals surface area contributed by atoms with E-state index in [4.69, 9.17) is 16.3 Å². The zero-order chi connectivity index (χ0) is 11.4. The van der Waals surface area contributed by atoms with Crippen LogP contribution in [0.2, 0.25) is 5.15 Å². The Morgan fingerprint density at radius 2 is 2.19 bits per heavy atom. The van der Waals surface area contributed by atoms with Crippen LogP contribution < -0.4 is 4.74 Å². The van der Waals surface area contributed by atoms with E-state index in [1.807, 2.05) is 12.1 Å². The van der Waals surface area contributed by atoms with Crippen LogP contribution in [-0.2, 0) is 6.42 Å². The van der Waals surface area contributed by atoms with E-state index in [1.54, 1.807) is 19.4 Å². The zero-order valence-corrected chi connectivity index (χ0v) is 9.48. The highest BCUT2D eigenvalue weighted by molar-refractivity contribution is 6.29. The summed E-state index contributed by atoms with van der Waals surface area (Å²) in [7, 11) is 1.60. The fourth-order valence-electron chi connectivity index (χ4n) is 1.40. The lowest BCUT2D eigenvalue weighted by atomic mass is 10.1. The molecular weight excluding hydrogens is 226 g/mol. The summed E-state index contributed by atoms with van der Waals surface area (Å²) >= 11 is 5.79. The van der Waals surface area contributed by atoms with Crippen LogP contribution in [0.15, 0.2) is 30.7 Å². The van der Waals surface area contributed by atoms with Gasteiger partial charge in [0, 0.05) is 23.9 Å². The fourth-order valence-corrected chi connectivity index (χ4v) is 1.57. The van der Waals surface area contributed by atoms with E-state index in [0.29, 0.717) is 17.5 Å². The van der Waals surface area contributed by atoms with E-state index >= 15 is 0 Å². The number of ether oxygens (including phenoxy) is 1. The second kappa shape index (κ2) is 4.90. The van der Waals surface area contributed by atoms with Gasteiger partial charge in [-0.15, -0.1) is 0 Å². The summed E-state index contributed by atoms with van der Waals surface area (Å²) in [6.07, 6.45) is 3.76. The smallest absolute Gasteiger partial charge is 0.216 e. The van der Waals surface area contributed by atoms with Gasteiger partial charge in [-0.25, -0.2) is 15.0 Å². The highest BCUT2D eigenvalue weighted by atomic mass is 35.5. The molecule has 0 amide bonds. The molecule has 0 N–H and O–H groups in total. The second-order valence-corrected chi connectivity index (χ2v) is 3.57. The van der Waals surface area contributed by atoms with E-state index in [2.05, 4.69) is 15.0 Å². The number of pyridine rings is 1. The van der Waals surface area contributed by atoms with Crippen molar-refractivity contribution in [2.75, 3.05) is 7.11 Å². The van der Waals surface area contributed by atoms with Crippen LogP contribution in [0, 0.1) is 0 Å². The monoisotopic (exact) mass is 235 g/mol. The Kier molecular flexibility index (Phi) is 3.31. The molecule has 2 aromatic heterocycles. The molecule has 0 saturated heterocycles. The summed E-state index contributed by atoms with van der Waals surface area (Å²) in [5, 5.41) is 0.438. The highest BCUT2D eigenvalue weighted by Crippen LogP contribution is 2.17. The van der Waals surface area contributed by atoms with E-state index < -0.39 is 0 Å². The molecule has 82 valence electrons. The summed E-state index contributed by atoms with van der Waals surface area (Å²) in [6, 6.07) is 5.54. The van der Waals surface area contributed by atoms with Crippen molar-refractivity contribution < 1.29 is 4.74 Å². The molecule has 0 aliphatic heterocycles. The molecule has 0 aliphatic carbocycles. The topological polar surface area (TPSA) is 47.9 Å². The normalized spacial score (nSPS) is 10.1. The van der Waals surface area contributed by atoms with Gasteiger partial charge in [0.15, 0.2) is 0 Å². The average Bonchev–Trinajstić information content (AvgIpc) is 2.30. The molecule has 16 heavy (non-hydrogen) atoms. The SMILES string of the molecule is COc1ncccc1Cc1cc(Cl)ncn1. The van der Waals surface area contributed by atoms with Crippen molar-refractivity contribution in [3.05, 3.63) is 47.1 Å². The molecule has 2 heterocycles. The number of aromatic nitrogens is 3. The zero-order valence-electron chi connectivity index (χ0n) is 8.72. The number of hydrogen-bond acceptors (Lipinski definition) is 4. The summed E-state index contributed by atoms with van der Waals surface area (Å²) < 4.78 is 5.16. The van der Waals surface area contributed by atoms with E-state index in [1.165, 1.54) is 6.33 Å². The van der Waals surface area contributed by atoms with Gasteiger partial charge in [0.1, 0.15) is 11.5 Å². The fraction of sp³-hybridized carbons (Fsp3) is 0.182. The van der Waals surface area contributed by atoms with Crippen LogP contribution in [0.3, 0.4) is 0 Å². The molecule has 2 aromatic rings. The van der Waals surface area contributed by atoms with Gasteiger partial charge < -0.3 is 4.74 Å². The molecule has 0 saturated carbocycles. The van der Waals surface area contributed by atoms with E-state index in [-0.39, 0.29) is 0 Å². The van der Waals surface area contributed by atoms with Crippen molar-refractivity contribution in [2.45, 2.75) is 6.42 Å². The predicted octanol–water partition coefficient (Wildman–Crippen LogP) is 2.12. The van der Waals surface area contributed by atoms with Crippen LogP contribution in [0.5, 0.6) is 5.88 Å². The van der Waals surface area contributed by atoms with Gasteiger partial charge in [-0.1, -0.05) is 17.7 Å². The Bertz CT molecular complexity index is 490. The first-order valence-corrected chi connectivity index (χ1v) is 5.11. The van der Waals surface area contributed by atoms with Gasteiger partial charge in [-0.3, -0.25) is 0 Å². The second-order valence-electron chi connectivity index (χ2n) is 3.18. The number of rotatable bonds is 3. The van der Waals surface area contributed by atoms with Crippen molar-refractivity contribution in [2.24, 2.45) is 0 Å². The molecule has 0 aliphatic rings. The van der Waals surface area contributed by atoms with Crippen LogP contribution >= 0.6 is 11.6 Å². The third-order valence-corrected chi connectivity index (χ3v) is 2.31. The van der Waals surface area contributed by atoms with Crippen molar-refractivity contribution >= 4 is 11.6 Å². The van der Waals surface area contributed by atoms with E-state index in [9.17, 15) is 0 Å². The molecule has 4 nitrogen and oxygen atoms in total. The first kappa shape index (κ1) is 10.8. The lowest BCUT2D eigenvalue weighted by Gasteiger charge is -2.05. The molecule has 0 aromatic carbocycles. The van der Waals surface area contributed by atoms with Gasteiger partial charge in [-0.05, 0) is 12.1 Å². The van der Waals surface area contributed by atoms with Crippen molar-refractivity contribution in [3.8, 4) is 5.88 Å². The standard InChI is InChI=1S/C11H10ClN3O/c1-16-11-8(3-2-4-13-11)5-9-6-10(12)15-7-14-9/h2-4,6-7H,5H2,1H3. The van der Waals surface area contributed by atoms with Gasteiger partial charge in [-0.2, -0.15) is 0 Å². The summed E-state index contributed by atoms with van der Waals surface area (Å²) in [5.41, 5.74) is 1.81. The predicted molar refractivity (Wildman–Crippen MR) is 60.6 cm³/mol. The lowest BCUT2D eigenvalue weighted by Crippen LogP contribution is -1.98. The van der Waals surface area contributed by atoms with Gasteiger partial charge in [0.05, 0.1) is 7.11 Å². The molecule has 0 bridgehead atoms. The molecule has 2 rings (SSSR count). The van der Waals surface area contributed by atoms with Gasteiger partial charge >= 0.3 is 0 Å². The maximum atomic E-state index is 5.79. The Balaban J connectivity index is 2.26. The van der Waals surface area contributed by atoms with Gasteiger partial charge in [0.25, 0.3) is 0 Å². The van der Waals surface area contributed by atoms with Crippen molar-refractivity contribution in [3.63, 3.8) is 0 Å². The first-order chi connectivity index (χ1) is 7.79. The number of methoxy groups -OCH3 is 1. The molecule has 0 fully saturated rings. The summed E-state index contributed by atoms with van der Waals surface area (Å²) in [4.78, 5) is 12.1. The summed E-state index contributed by atoms with van der Waals surface area (Å²) in [5.74, 6) is 0.609. The summed E-state index contributed by atoms with van der Waals surface area (Å²) in [6.45, 7) is 0. The Morgan fingerprint density at radius 1 is 1.31 bits per heavy atom. The minimum absolute atomic E-state index is 0.438. The molecular formula is C11H10ClN3O. The Hall–Kier alpha value is -1.68. The Labute approximate surface area is 98.3 Å². The minimum Gasteiger partial charge on any atom is -0.481 e. The third-order valence-electron chi connectivity index (χ3n) is 2.11. The van der Waals surface area contributed by atoms with Crippen molar-refractivity contribution in [1.82, 2.24) is 15.0 Å². The number of halogens is 1. The van der Waals surface area contributed by atoms with Crippen LogP contribution in [-0.4, -0.2) is 22.1 Å². The molecule has 0 spiro atoms. The molecule has 0 atom stereocenters. The largest absolute Gasteiger partial charge is 0.481 e. The van der Waals surface area contributed by atoms with Gasteiger partial charge in [0.2, 0.25) is 5.88 Å². The maximum absolute atomic E-state index is 5.79. The van der Waals surface area contributed by atoms with Crippen LogP contribution in [0.1, 0.15) is 11.3 Å². The lowest BCUT2D eigenvalue weighted by molar-refractivity contribution is 0.393. The maximum Gasteiger partial charge on any atom is 0.216 e. The highest BCUT2D eigenvalue weighted by Gasteiger charge is 2.05. The molecule has 0 unspecified atom stereocenters. The van der Waals surface area contributed by atoms with E-state index in [0.717, 1.165) is 11.3 Å². The number of hydrogen-bond donors (Lipinski definition) is 0. The molecule has 0 radical (unpaired) electrons. The molecule has 5 heteroatoms. The van der Waals surface area contributed by atoms with Crippen LogP contribution in [0.25, 0.3) is 0 Å². The average molecular weight is 236 g/mol. The minimum atomic E-state index is 0.438. The third kappa shape index (κ3) is 2.46.